The van der Waals surface area contributed by atoms with Gasteiger partial charge in [0.05, 0.1) is 13.0 Å². The third kappa shape index (κ3) is 5.05. The third-order valence-corrected chi connectivity index (χ3v) is 3.13. The van der Waals surface area contributed by atoms with Crippen molar-refractivity contribution in [1.82, 2.24) is 5.32 Å². The van der Waals surface area contributed by atoms with Crippen LogP contribution in [0.2, 0.25) is 0 Å². The molecule has 3 nitrogen and oxygen atoms in total. The minimum absolute atomic E-state index is 0. The first-order chi connectivity index (χ1) is 9.51. The standard InChI is InChI=1S/C14H18F3N3.HI/c1-2-18-13(19-9-8-14(15,16)17)20-10-7-11-5-3-4-6-12(11)20;/h3-6H,2,7-10H2,1H3,(H,18,19);1H. The van der Waals surface area contributed by atoms with Gasteiger partial charge in [0.1, 0.15) is 0 Å². The summed E-state index contributed by atoms with van der Waals surface area (Å²) < 4.78 is 36.6. The number of benzene rings is 1. The molecule has 1 heterocycles. The Morgan fingerprint density at radius 3 is 2.71 bits per heavy atom. The molecule has 0 aliphatic carbocycles. The number of guanidine groups is 1. The van der Waals surface area contributed by atoms with Crippen LogP contribution in [-0.4, -0.2) is 31.8 Å². The molecule has 1 aromatic rings. The van der Waals surface area contributed by atoms with E-state index in [1.54, 1.807) is 0 Å². The molecular formula is C14H19F3IN3. The van der Waals surface area contributed by atoms with Gasteiger partial charge in [0, 0.05) is 18.8 Å². The van der Waals surface area contributed by atoms with Crippen molar-refractivity contribution in [2.75, 3.05) is 24.5 Å². The first-order valence-corrected chi connectivity index (χ1v) is 6.72. The van der Waals surface area contributed by atoms with Crippen molar-refractivity contribution >= 4 is 35.6 Å². The fraction of sp³-hybridized carbons (Fsp3) is 0.500. The molecule has 0 atom stereocenters. The van der Waals surface area contributed by atoms with Gasteiger partial charge >= 0.3 is 6.18 Å². The molecule has 21 heavy (non-hydrogen) atoms. The number of fused-ring (bicyclic) bond motifs is 1. The van der Waals surface area contributed by atoms with Crippen molar-refractivity contribution < 1.29 is 13.2 Å². The van der Waals surface area contributed by atoms with E-state index in [1.807, 2.05) is 36.1 Å². The van der Waals surface area contributed by atoms with E-state index in [4.69, 9.17) is 0 Å². The average molecular weight is 413 g/mol. The highest BCUT2D eigenvalue weighted by molar-refractivity contribution is 14.0. The number of anilines is 1. The Balaban J connectivity index is 0.00000220. The molecule has 118 valence electrons. The third-order valence-electron chi connectivity index (χ3n) is 3.13. The van der Waals surface area contributed by atoms with E-state index in [-0.39, 0.29) is 30.5 Å². The molecule has 0 amide bonds. The fourth-order valence-electron chi connectivity index (χ4n) is 2.24. The number of rotatable bonds is 3. The van der Waals surface area contributed by atoms with E-state index in [0.29, 0.717) is 12.5 Å². The zero-order valence-electron chi connectivity index (χ0n) is 11.8. The Bertz CT molecular complexity index is 489. The number of nitrogens with zero attached hydrogens (tertiary/aromatic N) is 2. The zero-order valence-corrected chi connectivity index (χ0v) is 14.1. The van der Waals surface area contributed by atoms with Crippen LogP contribution < -0.4 is 10.2 Å². The molecule has 0 saturated carbocycles. The first kappa shape index (κ1) is 18.1. The summed E-state index contributed by atoms with van der Waals surface area (Å²) in [5, 5.41) is 3.06. The Morgan fingerprint density at radius 2 is 2.05 bits per heavy atom. The molecule has 2 rings (SSSR count). The fourth-order valence-corrected chi connectivity index (χ4v) is 2.24. The smallest absolute Gasteiger partial charge is 0.356 e. The number of para-hydroxylation sites is 1. The monoisotopic (exact) mass is 413 g/mol. The molecule has 0 radical (unpaired) electrons. The Labute approximate surface area is 139 Å². The lowest BCUT2D eigenvalue weighted by Crippen LogP contribution is -2.40. The van der Waals surface area contributed by atoms with Crippen molar-refractivity contribution in [3.05, 3.63) is 29.8 Å². The van der Waals surface area contributed by atoms with Gasteiger partial charge in [-0.05, 0) is 25.0 Å². The van der Waals surface area contributed by atoms with Crippen LogP contribution in [-0.2, 0) is 6.42 Å². The van der Waals surface area contributed by atoms with Crippen molar-refractivity contribution in [3.8, 4) is 0 Å². The van der Waals surface area contributed by atoms with Gasteiger partial charge in [0.25, 0.3) is 0 Å². The van der Waals surface area contributed by atoms with Crippen LogP contribution in [0, 0.1) is 0 Å². The van der Waals surface area contributed by atoms with Crippen LogP contribution in [0.3, 0.4) is 0 Å². The summed E-state index contributed by atoms with van der Waals surface area (Å²) in [5.74, 6) is 0.529. The molecule has 0 fully saturated rings. The van der Waals surface area contributed by atoms with Crippen LogP contribution >= 0.6 is 24.0 Å². The van der Waals surface area contributed by atoms with Gasteiger partial charge in [0.15, 0.2) is 5.96 Å². The highest BCUT2D eigenvalue weighted by Gasteiger charge is 2.27. The van der Waals surface area contributed by atoms with Crippen LogP contribution in [0.5, 0.6) is 0 Å². The number of hydrogen-bond donors (Lipinski definition) is 1. The second kappa shape index (κ2) is 7.86. The SMILES string of the molecule is CCNC(=NCCC(F)(F)F)N1CCc2ccccc21.I. The summed E-state index contributed by atoms with van der Waals surface area (Å²) in [4.78, 5) is 6.04. The van der Waals surface area contributed by atoms with E-state index >= 15 is 0 Å². The van der Waals surface area contributed by atoms with Crippen molar-refractivity contribution in [2.24, 2.45) is 4.99 Å². The molecule has 0 bridgehead atoms. The normalized spacial score (nSPS) is 14.7. The van der Waals surface area contributed by atoms with Crippen LogP contribution in [0.25, 0.3) is 0 Å². The van der Waals surface area contributed by atoms with E-state index in [9.17, 15) is 13.2 Å². The van der Waals surface area contributed by atoms with Gasteiger partial charge in [-0.2, -0.15) is 13.2 Å². The van der Waals surface area contributed by atoms with Gasteiger partial charge in [-0.15, -0.1) is 24.0 Å². The van der Waals surface area contributed by atoms with Gasteiger partial charge in [0.2, 0.25) is 0 Å². The van der Waals surface area contributed by atoms with Gasteiger partial charge in [-0.25, -0.2) is 0 Å². The topological polar surface area (TPSA) is 27.6 Å². The summed E-state index contributed by atoms with van der Waals surface area (Å²) in [7, 11) is 0. The number of alkyl halides is 3. The zero-order chi connectivity index (χ0) is 14.6. The summed E-state index contributed by atoms with van der Waals surface area (Å²) in [5.41, 5.74) is 2.23. The summed E-state index contributed by atoms with van der Waals surface area (Å²) in [6.07, 6.45) is -4.17. The summed E-state index contributed by atoms with van der Waals surface area (Å²) >= 11 is 0. The summed E-state index contributed by atoms with van der Waals surface area (Å²) in [6, 6.07) is 7.90. The Hall–Kier alpha value is -0.990. The van der Waals surface area contributed by atoms with E-state index in [2.05, 4.69) is 10.3 Å². The lowest BCUT2D eigenvalue weighted by atomic mass is 10.2. The molecule has 1 aliphatic rings. The number of nitrogens with one attached hydrogen (secondary N) is 1. The molecule has 1 aliphatic heterocycles. The quantitative estimate of drug-likeness (QED) is 0.466. The van der Waals surface area contributed by atoms with E-state index < -0.39 is 12.6 Å². The van der Waals surface area contributed by atoms with Crippen molar-refractivity contribution in [3.63, 3.8) is 0 Å². The predicted octanol–water partition coefficient (Wildman–Crippen LogP) is 3.59. The molecule has 7 heteroatoms. The van der Waals surface area contributed by atoms with Gasteiger partial charge in [-0.1, -0.05) is 18.2 Å². The van der Waals surface area contributed by atoms with Crippen molar-refractivity contribution in [1.29, 1.82) is 0 Å². The molecule has 0 saturated heterocycles. The van der Waals surface area contributed by atoms with Gasteiger partial charge in [-0.3, -0.25) is 4.99 Å². The maximum Gasteiger partial charge on any atom is 0.390 e. The Morgan fingerprint density at radius 1 is 1.33 bits per heavy atom. The highest BCUT2D eigenvalue weighted by Crippen LogP contribution is 2.27. The average Bonchev–Trinajstić information content (AvgIpc) is 2.80. The van der Waals surface area contributed by atoms with Crippen LogP contribution in [0.1, 0.15) is 18.9 Å². The lowest BCUT2D eigenvalue weighted by molar-refractivity contribution is -0.132. The number of halogens is 4. The molecule has 0 aromatic heterocycles. The van der Waals surface area contributed by atoms with E-state index in [0.717, 1.165) is 18.7 Å². The summed E-state index contributed by atoms with van der Waals surface area (Å²) in [6.45, 7) is 3.03. The minimum Gasteiger partial charge on any atom is -0.356 e. The molecule has 1 N–H and O–H groups in total. The second-order valence-corrected chi connectivity index (χ2v) is 4.63. The molecule has 1 aromatic carbocycles. The molecule has 0 spiro atoms. The maximum atomic E-state index is 12.2. The van der Waals surface area contributed by atoms with E-state index in [1.165, 1.54) is 5.56 Å². The van der Waals surface area contributed by atoms with Crippen LogP contribution in [0.4, 0.5) is 18.9 Å². The number of aliphatic imine (C=N–C) groups is 1. The lowest BCUT2D eigenvalue weighted by Gasteiger charge is -2.22. The first-order valence-electron chi connectivity index (χ1n) is 6.72. The molecular weight excluding hydrogens is 394 g/mol. The second-order valence-electron chi connectivity index (χ2n) is 4.63. The Kier molecular flexibility index (Phi) is 6.76. The molecule has 0 unspecified atom stereocenters. The largest absolute Gasteiger partial charge is 0.390 e. The van der Waals surface area contributed by atoms with Crippen molar-refractivity contribution in [2.45, 2.75) is 25.9 Å². The van der Waals surface area contributed by atoms with Crippen LogP contribution in [0.15, 0.2) is 29.3 Å². The predicted molar refractivity (Wildman–Crippen MR) is 89.6 cm³/mol. The minimum atomic E-state index is -4.16. The highest BCUT2D eigenvalue weighted by atomic mass is 127. The number of hydrogen-bond acceptors (Lipinski definition) is 1. The van der Waals surface area contributed by atoms with Gasteiger partial charge < -0.3 is 10.2 Å². The maximum absolute atomic E-state index is 12.2.